The van der Waals surface area contributed by atoms with Gasteiger partial charge in [0.1, 0.15) is 48.0 Å². The molecule has 2 aliphatic heterocycles. The molecule has 0 unspecified atom stereocenters. The Labute approximate surface area is 214 Å². The van der Waals surface area contributed by atoms with Gasteiger partial charge in [-0.2, -0.15) is 4.98 Å². The molecule has 8 atom stereocenters. The summed E-state index contributed by atoms with van der Waals surface area (Å²) in [7, 11) is 1.68. The molecule has 5 rings (SSSR count). The number of aliphatic hydroxyl groups is 6. The van der Waals surface area contributed by atoms with Gasteiger partial charge >= 0.3 is 5.69 Å². The molecule has 2 fully saturated rings. The highest BCUT2D eigenvalue weighted by molar-refractivity contribution is 5.68. The standard InChI is InChI=1S/C11H15N5O4.C10H15N3O5/c1-15-3-14-10-6(9(15)12)13-4-16(10)11-8(19)7(18)5(2-17)20-11;1-4-2-13(10(17)12-8(4)11)9-7(16)6(15)5(3-14)18-9/h3-5,7-8,11-12,17-19H,2H2,1H3;2,5-7,9,14-16H,3H2,1H3,(H2,11,12,17)/t5-,7-,8-,11-;5-,6-,7-,9-/m11/s1. The molecule has 5 heterocycles. The van der Waals surface area contributed by atoms with Crippen LogP contribution >= 0.6 is 0 Å². The molecule has 3 aromatic rings. The Kier molecular flexibility index (Phi) is 7.90. The highest BCUT2D eigenvalue weighted by Crippen LogP contribution is 2.31. The molecule has 2 saturated heterocycles. The molecule has 38 heavy (non-hydrogen) atoms. The molecule has 0 aliphatic carbocycles. The fourth-order valence-electron chi connectivity index (χ4n) is 4.18. The van der Waals surface area contributed by atoms with Crippen LogP contribution in [0.2, 0.25) is 0 Å². The molecule has 2 aliphatic rings. The van der Waals surface area contributed by atoms with Crippen LogP contribution < -0.4 is 16.9 Å². The van der Waals surface area contributed by atoms with Gasteiger partial charge in [0, 0.05) is 18.8 Å². The minimum absolute atomic E-state index is 0.1000. The van der Waals surface area contributed by atoms with Crippen molar-refractivity contribution in [1.82, 2.24) is 28.7 Å². The van der Waals surface area contributed by atoms with E-state index < -0.39 is 68.0 Å². The lowest BCUT2D eigenvalue weighted by atomic mass is 10.1. The molecule has 17 nitrogen and oxygen atoms in total. The maximum Gasteiger partial charge on any atom is 0.351 e. The number of nitrogens with zero attached hydrogens (tertiary/aromatic N) is 6. The number of hydrogen-bond donors (Lipinski definition) is 8. The van der Waals surface area contributed by atoms with Gasteiger partial charge in [-0.25, -0.2) is 14.8 Å². The van der Waals surface area contributed by atoms with E-state index in [1.807, 2.05) is 0 Å². The van der Waals surface area contributed by atoms with Crippen molar-refractivity contribution in [2.75, 3.05) is 18.9 Å². The van der Waals surface area contributed by atoms with E-state index in [0.717, 1.165) is 4.57 Å². The number of fused-ring (bicyclic) bond motifs is 1. The molecule has 0 saturated carbocycles. The van der Waals surface area contributed by atoms with Gasteiger partial charge in [0.25, 0.3) is 0 Å². The number of ether oxygens (including phenoxy) is 2. The third kappa shape index (κ3) is 4.81. The van der Waals surface area contributed by atoms with E-state index in [2.05, 4.69) is 15.0 Å². The molecule has 0 bridgehead atoms. The second-order valence-corrected chi connectivity index (χ2v) is 8.98. The van der Waals surface area contributed by atoms with Gasteiger partial charge in [0.2, 0.25) is 0 Å². The second-order valence-electron chi connectivity index (χ2n) is 8.98. The Balaban J connectivity index is 0.000000178. The molecule has 3 aromatic heterocycles. The van der Waals surface area contributed by atoms with Gasteiger partial charge in [0.05, 0.1) is 25.9 Å². The van der Waals surface area contributed by atoms with Crippen molar-refractivity contribution >= 4 is 17.0 Å². The van der Waals surface area contributed by atoms with Crippen molar-refractivity contribution in [2.45, 2.75) is 56.0 Å². The number of nitrogen functional groups attached to an aromatic ring is 1. The highest BCUT2D eigenvalue weighted by Gasteiger charge is 2.45. The van der Waals surface area contributed by atoms with E-state index in [0.29, 0.717) is 16.7 Å². The first-order chi connectivity index (χ1) is 18.0. The van der Waals surface area contributed by atoms with Crippen LogP contribution in [-0.4, -0.2) is 109 Å². The second kappa shape index (κ2) is 10.8. The summed E-state index contributed by atoms with van der Waals surface area (Å²) in [4.78, 5) is 23.5. The maximum atomic E-state index is 11.7. The predicted octanol–water partition coefficient (Wildman–Crippen LogP) is -4.39. The average molecular weight is 539 g/mol. The molecule has 0 aromatic carbocycles. The smallest absolute Gasteiger partial charge is 0.351 e. The summed E-state index contributed by atoms with van der Waals surface area (Å²) in [5.41, 5.74) is 6.27. The van der Waals surface area contributed by atoms with Crippen LogP contribution in [0.5, 0.6) is 0 Å². The first kappa shape index (κ1) is 27.7. The third-order valence-electron chi connectivity index (χ3n) is 6.45. The number of nitrogens with two attached hydrogens (primary N) is 1. The van der Waals surface area contributed by atoms with Gasteiger partial charge in [-0.3, -0.25) is 14.5 Å². The number of nitrogens with one attached hydrogen (secondary N) is 1. The van der Waals surface area contributed by atoms with Crippen LogP contribution in [0, 0.1) is 12.3 Å². The van der Waals surface area contributed by atoms with Crippen LogP contribution in [0.25, 0.3) is 11.2 Å². The van der Waals surface area contributed by atoms with Crippen LogP contribution in [0.3, 0.4) is 0 Å². The summed E-state index contributed by atoms with van der Waals surface area (Å²) < 4.78 is 14.7. The Hall–Kier alpha value is -3.29. The first-order valence-corrected chi connectivity index (χ1v) is 11.5. The van der Waals surface area contributed by atoms with Gasteiger partial charge in [0.15, 0.2) is 23.6 Å². The summed E-state index contributed by atoms with van der Waals surface area (Å²) in [5.74, 6) is 0.1000. The first-order valence-electron chi connectivity index (χ1n) is 11.5. The number of rotatable bonds is 4. The van der Waals surface area contributed by atoms with Crippen LogP contribution in [0.15, 0.2) is 23.6 Å². The van der Waals surface area contributed by atoms with E-state index in [1.165, 1.54) is 28.0 Å². The molecule has 0 spiro atoms. The van der Waals surface area contributed by atoms with Gasteiger partial charge < -0.3 is 50.4 Å². The van der Waals surface area contributed by atoms with E-state index in [4.69, 9.17) is 30.8 Å². The lowest BCUT2D eigenvalue weighted by Gasteiger charge is -2.17. The van der Waals surface area contributed by atoms with E-state index in [-0.39, 0.29) is 11.3 Å². The molecule has 0 amide bonds. The molecular formula is C21H30N8O9. The van der Waals surface area contributed by atoms with Crippen LogP contribution in [0.1, 0.15) is 18.0 Å². The van der Waals surface area contributed by atoms with Crippen LogP contribution in [0.4, 0.5) is 5.82 Å². The summed E-state index contributed by atoms with van der Waals surface area (Å²) in [6.45, 7) is 0.803. The Morgan fingerprint density at radius 3 is 2.03 bits per heavy atom. The maximum absolute atomic E-state index is 11.7. The van der Waals surface area contributed by atoms with Crippen molar-refractivity contribution in [3.63, 3.8) is 0 Å². The number of aryl methyl sites for hydroxylation is 2. The van der Waals surface area contributed by atoms with Crippen molar-refractivity contribution in [1.29, 1.82) is 5.41 Å². The minimum Gasteiger partial charge on any atom is -0.394 e. The SMILES string of the molecule is Cc1cn([C@@H]2O[C@H](CO)[C@@H](O)[C@H]2O)c(=O)nc1N.Cn1cnc2c(ncn2[C@@H]2O[C@H](CO)[C@@H](O)[C@H]2O)c1=N. The normalized spacial score (nSPS) is 30.9. The zero-order valence-electron chi connectivity index (χ0n) is 20.4. The largest absolute Gasteiger partial charge is 0.394 e. The lowest BCUT2D eigenvalue weighted by Crippen LogP contribution is -2.36. The summed E-state index contributed by atoms with van der Waals surface area (Å²) in [5, 5.41) is 65.1. The number of imidazole rings is 1. The zero-order valence-corrected chi connectivity index (χ0v) is 20.4. The van der Waals surface area contributed by atoms with Crippen molar-refractivity contribution in [2.24, 2.45) is 7.05 Å². The van der Waals surface area contributed by atoms with Gasteiger partial charge in [-0.05, 0) is 6.92 Å². The number of aromatic nitrogens is 6. The fraction of sp³-hybridized carbons (Fsp3) is 0.571. The summed E-state index contributed by atoms with van der Waals surface area (Å²) in [6, 6.07) is 0. The quantitative estimate of drug-likeness (QED) is 0.156. The minimum atomic E-state index is -1.32. The Morgan fingerprint density at radius 1 is 0.947 bits per heavy atom. The zero-order chi connectivity index (χ0) is 27.9. The number of hydrogen-bond acceptors (Lipinski definition) is 14. The predicted molar refractivity (Wildman–Crippen MR) is 126 cm³/mol. The van der Waals surface area contributed by atoms with E-state index in [1.54, 1.807) is 14.0 Å². The van der Waals surface area contributed by atoms with Crippen LogP contribution in [-0.2, 0) is 16.5 Å². The van der Waals surface area contributed by atoms with Gasteiger partial charge in [-0.15, -0.1) is 0 Å². The van der Waals surface area contributed by atoms with Crippen molar-refractivity contribution in [3.05, 3.63) is 40.4 Å². The van der Waals surface area contributed by atoms with Crippen molar-refractivity contribution in [3.8, 4) is 0 Å². The average Bonchev–Trinajstić information content (AvgIpc) is 3.54. The molecule has 208 valence electrons. The van der Waals surface area contributed by atoms with E-state index in [9.17, 15) is 25.2 Å². The molecule has 0 radical (unpaired) electrons. The highest BCUT2D eigenvalue weighted by atomic mass is 16.6. The third-order valence-corrected chi connectivity index (χ3v) is 6.45. The lowest BCUT2D eigenvalue weighted by molar-refractivity contribution is -0.0550. The summed E-state index contributed by atoms with van der Waals surface area (Å²) >= 11 is 0. The van der Waals surface area contributed by atoms with Gasteiger partial charge in [-0.1, -0.05) is 0 Å². The molecular weight excluding hydrogens is 508 g/mol. The van der Waals surface area contributed by atoms with E-state index >= 15 is 0 Å². The molecule has 9 N–H and O–H groups in total. The molecule has 17 heteroatoms. The fourth-order valence-corrected chi connectivity index (χ4v) is 4.18. The number of aliphatic hydroxyl groups excluding tert-OH is 6. The summed E-state index contributed by atoms with van der Waals surface area (Å²) in [6.07, 6.45) is -4.48. The topological polar surface area (TPSA) is 260 Å². The van der Waals surface area contributed by atoms with Crippen molar-refractivity contribution < 1.29 is 40.1 Å². The Bertz CT molecular complexity index is 1410. The number of anilines is 1. The monoisotopic (exact) mass is 538 g/mol. The Morgan fingerprint density at radius 2 is 1.50 bits per heavy atom.